The Morgan fingerprint density at radius 1 is 0.286 bits per heavy atom. The standard InChI is InChI=1S/6Fe.K. The second-order valence-electron chi connectivity index (χ2n) is 0. The molecule has 7 heavy (non-hydrogen) atoms. The zero-order valence-electron chi connectivity index (χ0n) is 3.12. The molecule has 0 amide bonds. The fourth-order valence-corrected chi connectivity index (χ4v) is 0. The van der Waals surface area contributed by atoms with E-state index in [-0.39, 0.29) is 154 Å². The third kappa shape index (κ3) is 36.5. The maximum atomic E-state index is 0. The van der Waals surface area contributed by atoms with Crippen LogP contribution in [0.5, 0.6) is 0 Å². The normalized spacial score (nSPS) is 0. The smallest absolute Gasteiger partial charge is 0 e. The topological polar surface area (TPSA) is 0 Å². The summed E-state index contributed by atoms with van der Waals surface area (Å²) in [4.78, 5) is 0. The molecular formula is Fe6K. The molecule has 1 radical (unpaired) electrons. The predicted octanol–water partition coefficient (Wildman–Crippen LogP) is -0.396. The van der Waals surface area contributed by atoms with Gasteiger partial charge in [-0.15, -0.1) is 0 Å². The molecule has 49 valence electrons. The van der Waals surface area contributed by atoms with Gasteiger partial charge in [-0.2, -0.15) is 0 Å². The largest absolute Gasteiger partial charge is 0 e. The third-order valence-electron chi connectivity index (χ3n) is 0. The van der Waals surface area contributed by atoms with Gasteiger partial charge in [0.25, 0.3) is 0 Å². The Bertz CT molecular complexity index is 4.14. The van der Waals surface area contributed by atoms with Gasteiger partial charge in [-0.1, -0.05) is 0 Å². The van der Waals surface area contributed by atoms with Gasteiger partial charge in [0.2, 0.25) is 0 Å². The second-order valence-corrected chi connectivity index (χ2v) is 0. The number of hydrogen-bond donors (Lipinski definition) is 0. The van der Waals surface area contributed by atoms with Gasteiger partial charge >= 0.3 is 0 Å². The van der Waals surface area contributed by atoms with Gasteiger partial charge in [0, 0.05) is 154 Å². The van der Waals surface area contributed by atoms with E-state index in [1.54, 1.807) is 0 Å². The Morgan fingerprint density at radius 2 is 0.286 bits per heavy atom. The van der Waals surface area contributed by atoms with Crippen LogP contribution in [0.15, 0.2) is 0 Å². The van der Waals surface area contributed by atoms with Crippen molar-refractivity contribution in [3.8, 4) is 0 Å². The molecule has 0 unspecified atom stereocenters. The Balaban J connectivity index is 0. The molecule has 7 heteroatoms. The van der Waals surface area contributed by atoms with Gasteiger partial charge in [0.1, 0.15) is 0 Å². The molecule has 0 N–H and O–H groups in total. The molecule has 0 fully saturated rings. The molecule has 0 atom stereocenters. The zero-order chi connectivity index (χ0) is 0. The first-order valence-corrected chi connectivity index (χ1v) is 0. The maximum Gasteiger partial charge on any atom is 0 e. The van der Waals surface area contributed by atoms with E-state index < -0.39 is 0 Å². The molecule has 0 spiro atoms. The van der Waals surface area contributed by atoms with E-state index in [0.717, 1.165) is 0 Å². The van der Waals surface area contributed by atoms with Gasteiger partial charge in [0.05, 0.1) is 0 Å². The Labute approximate surface area is 150 Å². The van der Waals surface area contributed by atoms with Crippen LogP contribution in [0.4, 0.5) is 0 Å². The summed E-state index contributed by atoms with van der Waals surface area (Å²) in [6.45, 7) is 0. The maximum absolute atomic E-state index is 0. The summed E-state index contributed by atoms with van der Waals surface area (Å²) in [6.07, 6.45) is 0. The quantitative estimate of drug-likeness (QED) is 0.507. The van der Waals surface area contributed by atoms with E-state index in [4.69, 9.17) is 0 Å². The Hall–Kier alpha value is 4.75. The van der Waals surface area contributed by atoms with Crippen molar-refractivity contribution in [2.45, 2.75) is 0 Å². The molecule has 0 aromatic heterocycles. The van der Waals surface area contributed by atoms with Crippen molar-refractivity contribution in [1.29, 1.82) is 0 Å². The summed E-state index contributed by atoms with van der Waals surface area (Å²) >= 11 is 0. The monoisotopic (exact) mass is 375 g/mol. The number of rotatable bonds is 0. The van der Waals surface area contributed by atoms with Crippen LogP contribution in [-0.4, -0.2) is 51.4 Å². The van der Waals surface area contributed by atoms with Crippen molar-refractivity contribution in [3.63, 3.8) is 0 Å². The van der Waals surface area contributed by atoms with Crippen LogP contribution in [0.1, 0.15) is 0 Å². The summed E-state index contributed by atoms with van der Waals surface area (Å²) in [5.74, 6) is 0. The first-order chi connectivity index (χ1) is 0. The summed E-state index contributed by atoms with van der Waals surface area (Å²) < 4.78 is 0. The Kier molecular flexibility index (Phi) is 389. The minimum Gasteiger partial charge on any atom is 0 e. The van der Waals surface area contributed by atoms with E-state index in [0.29, 0.717) is 0 Å². The number of hydrogen-bond acceptors (Lipinski definition) is 0. The molecule has 0 saturated heterocycles. The van der Waals surface area contributed by atoms with Crippen LogP contribution in [-0.2, 0) is 102 Å². The Morgan fingerprint density at radius 3 is 0.286 bits per heavy atom. The van der Waals surface area contributed by atoms with Gasteiger partial charge in [-0.25, -0.2) is 0 Å². The van der Waals surface area contributed by atoms with Crippen molar-refractivity contribution < 1.29 is 102 Å². The molecular weight excluding hydrogens is 374 g/mol. The first kappa shape index (κ1) is 60.2. The van der Waals surface area contributed by atoms with E-state index in [2.05, 4.69) is 0 Å². The molecule has 0 aliphatic rings. The van der Waals surface area contributed by atoms with E-state index >= 15 is 0 Å². The van der Waals surface area contributed by atoms with Gasteiger partial charge in [-0.3, -0.25) is 0 Å². The van der Waals surface area contributed by atoms with E-state index in [1.165, 1.54) is 0 Å². The average molecular weight is 374 g/mol. The molecule has 0 aromatic carbocycles. The van der Waals surface area contributed by atoms with Crippen LogP contribution in [0.25, 0.3) is 0 Å². The van der Waals surface area contributed by atoms with Gasteiger partial charge < -0.3 is 0 Å². The van der Waals surface area contributed by atoms with Crippen molar-refractivity contribution in [1.82, 2.24) is 0 Å². The van der Waals surface area contributed by atoms with Crippen molar-refractivity contribution in [2.24, 2.45) is 0 Å². The SMILES string of the molecule is [Fe].[Fe].[Fe].[Fe].[Fe].[Fe].[K]. The summed E-state index contributed by atoms with van der Waals surface area (Å²) in [7, 11) is 0. The van der Waals surface area contributed by atoms with Crippen LogP contribution in [0, 0.1) is 0 Å². The van der Waals surface area contributed by atoms with Crippen molar-refractivity contribution >= 4 is 51.4 Å². The molecule has 0 aliphatic heterocycles. The summed E-state index contributed by atoms with van der Waals surface area (Å²) in [5, 5.41) is 0. The molecule has 0 rings (SSSR count). The molecule has 0 bridgehead atoms. The van der Waals surface area contributed by atoms with Gasteiger partial charge in [0.15, 0.2) is 0 Å². The van der Waals surface area contributed by atoms with Crippen molar-refractivity contribution in [2.75, 3.05) is 0 Å². The fourth-order valence-electron chi connectivity index (χ4n) is 0. The molecule has 0 nitrogen and oxygen atoms in total. The molecule has 0 aliphatic carbocycles. The first-order valence-electron chi connectivity index (χ1n) is 0. The van der Waals surface area contributed by atoms with E-state index in [9.17, 15) is 0 Å². The predicted molar refractivity (Wildman–Crippen MR) is 5.75 cm³/mol. The van der Waals surface area contributed by atoms with Gasteiger partial charge in [-0.05, 0) is 0 Å². The van der Waals surface area contributed by atoms with Crippen LogP contribution in [0.3, 0.4) is 0 Å². The average Bonchev–Trinajstić information content (AvgIpc) is 0. The molecule has 0 saturated carbocycles. The summed E-state index contributed by atoms with van der Waals surface area (Å²) in [6, 6.07) is 0. The third-order valence-corrected chi connectivity index (χ3v) is 0. The minimum atomic E-state index is 0. The van der Waals surface area contributed by atoms with Crippen LogP contribution < -0.4 is 0 Å². The fraction of sp³-hybridized carbons (Fsp3) is 0. The summed E-state index contributed by atoms with van der Waals surface area (Å²) in [5.41, 5.74) is 0. The molecule has 0 heterocycles. The second kappa shape index (κ2) is 45.3. The van der Waals surface area contributed by atoms with Crippen LogP contribution >= 0.6 is 0 Å². The van der Waals surface area contributed by atoms with Crippen LogP contribution in [0.2, 0.25) is 0 Å². The van der Waals surface area contributed by atoms with E-state index in [1.807, 2.05) is 0 Å². The zero-order valence-corrected chi connectivity index (χ0v) is 12.9. The van der Waals surface area contributed by atoms with Crippen molar-refractivity contribution in [3.05, 3.63) is 0 Å². The minimum absolute atomic E-state index is 0. The molecule has 0 aromatic rings.